The summed E-state index contributed by atoms with van der Waals surface area (Å²) in [5.74, 6) is -0.437. The second-order valence-electron chi connectivity index (χ2n) is 7.78. The summed E-state index contributed by atoms with van der Waals surface area (Å²) in [6.07, 6.45) is 1.09. The molecule has 0 aliphatic carbocycles. The summed E-state index contributed by atoms with van der Waals surface area (Å²) in [5, 5.41) is 5.68. The van der Waals surface area contributed by atoms with Crippen LogP contribution in [0.5, 0.6) is 0 Å². The van der Waals surface area contributed by atoms with Gasteiger partial charge >= 0.3 is 5.97 Å². The highest BCUT2D eigenvalue weighted by Gasteiger charge is 2.20. The van der Waals surface area contributed by atoms with Crippen LogP contribution < -0.4 is 4.90 Å². The number of hydrogen-bond acceptors (Lipinski definition) is 5. The molecule has 164 valence electrons. The third kappa shape index (κ3) is 4.08. The van der Waals surface area contributed by atoms with Crippen LogP contribution in [0, 0.1) is 6.92 Å². The number of aromatic nitrogens is 3. The summed E-state index contributed by atoms with van der Waals surface area (Å²) in [7, 11) is 2.09. The molecule has 2 aromatic carbocycles. The van der Waals surface area contributed by atoms with Crippen LogP contribution in [0.15, 0.2) is 60.7 Å². The smallest absolute Gasteiger partial charge is 0.357 e. The molecular formula is C26H28N4O2. The van der Waals surface area contributed by atoms with E-state index < -0.39 is 5.97 Å². The Labute approximate surface area is 188 Å². The Balaban J connectivity index is 1.91. The van der Waals surface area contributed by atoms with Gasteiger partial charge in [-0.2, -0.15) is 5.10 Å². The first-order valence-electron chi connectivity index (χ1n) is 11.0. The number of esters is 1. The minimum Gasteiger partial charge on any atom is -0.461 e. The van der Waals surface area contributed by atoms with E-state index in [1.165, 1.54) is 0 Å². The maximum Gasteiger partial charge on any atom is 0.357 e. The Bertz CT molecular complexity index is 1230. The Morgan fingerprint density at radius 1 is 1.06 bits per heavy atom. The van der Waals surface area contributed by atoms with Crippen LogP contribution in [0.1, 0.15) is 36.5 Å². The molecule has 0 atom stereocenters. The number of carbonyl (C=O) groups is 1. The van der Waals surface area contributed by atoms with Gasteiger partial charge in [-0.25, -0.2) is 14.5 Å². The van der Waals surface area contributed by atoms with E-state index in [1.807, 2.05) is 43.3 Å². The molecule has 6 nitrogen and oxygen atoms in total. The lowest BCUT2D eigenvalue weighted by molar-refractivity contribution is 0.0520. The highest BCUT2D eigenvalue weighted by molar-refractivity contribution is 6.00. The molecule has 0 aliphatic heterocycles. The Hall–Kier alpha value is -3.67. The number of rotatable bonds is 7. The molecule has 0 fully saturated rings. The van der Waals surface area contributed by atoms with E-state index in [2.05, 4.69) is 48.1 Å². The lowest BCUT2D eigenvalue weighted by atomic mass is 10.0. The van der Waals surface area contributed by atoms with Gasteiger partial charge in [0, 0.05) is 19.3 Å². The molecule has 0 radical (unpaired) electrons. The van der Waals surface area contributed by atoms with Crippen molar-refractivity contribution < 1.29 is 9.53 Å². The van der Waals surface area contributed by atoms with Gasteiger partial charge in [0.15, 0.2) is 11.3 Å². The van der Waals surface area contributed by atoms with Crippen LogP contribution in [0.4, 0.5) is 5.69 Å². The zero-order valence-corrected chi connectivity index (χ0v) is 19.0. The molecule has 0 amide bonds. The fourth-order valence-corrected chi connectivity index (χ4v) is 3.94. The van der Waals surface area contributed by atoms with E-state index in [0.717, 1.165) is 46.5 Å². The fraction of sp³-hybridized carbons (Fsp3) is 0.269. The minimum atomic E-state index is -0.437. The largest absolute Gasteiger partial charge is 0.461 e. The number of aryl methyl sites for hydroxylation is 1. The summed E-state index contributed by atoms with van der Waals surface area (Å²) < 4.78 is 7.05. The summed E-state index contributed by atoms with van der Waals surface area (Å²) in [5.41, 5.74) is 5.74. The van der Waals surface area contributed by atoms with Crippen molar-refractivity contribution in [2.45, 2.75) is 27.2 Å². The Morgan fingerprint density at radius 2 is 1.78 bits per heavy atom. The quantitative estimate of drug-likeness (QED) is 0.368. The van der Waals surface area contributed by atoms with Crippen LogP contribution in [-0.2, 0) is 4.74 Å². The third-order valence-electron chi connectivity index (χ3n) is 5.48. The fourth-order valence-electron chi connectivity index (χ4n) is 3.94. The molecule has 6 heteroatoms. The standard InChI is InChI=1S/C26H28N4O2/c1-5-16-29(4)20-14-12-19(13-15-20)22-17-23(26(31)32-6-2)27-25-24(22)18(3)28-30(25)21-10-8-7-9-11-21/h7-15,17H,5-6,16H2,1-4H3. The van der Waals surface area contributed by atoms with E-state index in [-0.39, 0.29) is 5.69 Å². The molecule has 0 aliphatic rings. The van der Waals surface area contributed by atoms with Gasteiger partial charge in [0.05, 0.1) is 23.4 Å². The lowest BCUT2D eigenvalue weighted by Gasteiger charge is -2.18. The van der Waals surface area contributed by atoms with Gasteiger partial charge in [-0.05, 0) is 61.7 Å². The molecule has 0 unspecified atom stereocenters. The topological polar surface area (TPSA) is 60.3 Å². The average Bonchev–Trinajstić information content (AvgIpc) is 3.16. The van der Waals surface area contributed by atoms with E-state index in [0.29, 0.717) is 12.3 Å². The Kier molecular flexibility index (Phi) is 6.21. The Morgan fingerprint density at radius 3 is 2.44 bits per heavy atom. The molecule has 2 heterocycles. The molecule has 2 aromatic heterocycles. The number of fused-ring (bicyclic) bond motifs is 1. The number of benzene rings is 2. The highest BCUT2D eigenvalue weighted by Crippen LogP contribution is 2.33. The van der Waals surface area contributed by atoms with E-state index in [1.54, 1.807) is 11.6 Å². The molecule has 4 aromatic rings. The van der Waals surface area contributed by atoms with Crippen LogP contribution in [0.3, 0.4) is 0 Å². The molecule has 4 rings (SSSR count). The molecule has 32 heavy (non-hydrogen) atoms. The average molecular weight is 429 g/mol. The molecule has 0 N–H and O–H groups in total. The van der Waals surface area contributed by atoms with E-state index in [4.69, 9.17) is 9.84 Å². The van der Waals surface area contributed by atoms with Crippen LogP contribution in [0.2, 0.25) is 0 Å². The molecule has 0 saturated heterocycles. The summed E-state index contributed by atoms with van der Waals surface area (Å²) in [4.78, 5) is 19.5. The number of pyridine rings is 1. The van der Waals surface area contributed by atoms with Gasteiger partial charge in [0.25, 0.3) is 0 Å². The number of carbonyl (C=O) groups excluding carboxylic acids is 1. The second kappa shape index (κ2) is 9.22. The molecule has 0 spiro atoms. The number of para-hydroxylation sites is 1. The first kappa shape index (κ1) is 21.6. The number of ether oxygens (including phenoxy) is 1. The van der Waals surface area contributed by atoms with Gasteiger partial charge in [0.1, 0.15) is 0 Å². The van der Waals surface area contributed by atoms with Crippen LogP contribution in [0.25, 0.3) is 27.8 Å². The number of anilines is 1. The second-order valence-corrected chi connectivity index (χ2v) is 7.78. The molecular weight excluding hydrogens is 400 g/mol. The molecule has 0 saturated carbocycles. The van der Waals surface area contributed by atoms with Crippen molar-refractivity contribution in [1.29, 1.82) is 0 Å². The predicted molar refractivity (Wildman–Crippen MR) is 129 cm³/mol. The van der Waals surface area contributed by atoms with Crippen molar-refractivity contribution in [1.82, 2.24) is 14.8 Å². The van der Waals surface area contributed by atoms with Crippen molar-refractivity contribution in [3.63, 3.8) is 0 Å². The molecule has 0 bridgehead atoms. The summed E-state index contributed by atoms with van der Waals surface area (Å²) in [6.45, 7) is 7.22. The van der Waals surface area contributed by atoms with Crippen molar-refractivity contribution in [2.24, 2.45) is 0 Å². The zero-order chi connectivity index (χ0) is 22.7. The van der Waals surface area contributed by atoms with Crippen molar-refractivity contribution in [2.75, 3.05) is 25.1 Å². The van der Waals surface area contributed by atoms with Gasteiger partial charge in [-0.1, -0.05) is 37.3 Å². The van der Waals surface area contributed by atoms with Gasteiger partial charge in [-0.3, -0.25) is 0 Å². The monoisotopic (exact) mass is 428 g/mol. The van der Waals surface area contributed by atoms with Crippen molar-refractivity contribution >= 4 is 22.7 Å². The van der Waals surface area contributed by atoms with E-state index >= 15 is 0 Å². The van der Waals surface area contributed by atoms with Crippen molar-refractivity contribution in [3.05, 3.63) is 72.1 Å². The third-order valence-corrected chi connectivity index (χ3v) is 5.48. The number of nitrogens with zero attached hydrogens (tertiary/aromatic N) is 4. The first-order chi connectivity index (χ1) is 15.5. The maximum absolute atomic E-state index is 12.6. The van der Waals surface area contributed by atoms with Gasteiger partial charge < -0.3 is 9.64 Å². The van der Waals surface area contributed by atoms with Crippen molar-refractivity contribution in [3.8, 4) is 16.8 Å². The SMILES string of the molecule is CCCN(C)c1ccc(-c2cc(C(=O)OCC)nc3c2c(C)nn3-c2ccccc2)cc1. The first-order valence-corrected chi connectivity index (χ1v) is 11.0. The maximum atomic E-state index is 12.6. The zero-order valence-electron chi connectivity index (χ0n) is 19.0. The summed E-state index contributed by atoms with van der Waals surface area (Å²) in [6, 6.07) is 20.0. The minimum absolute atomic E-state index is 0.276. The van der Waals surface area contributed by atoms with E-state index in [9.17, 15) is 4.79 Å². The number of hydrogen-bond donors (Lipinski definition) is 0. The van der Waals surface area contributed by atoms with Gasteiger partial charge in [0.2, 0.25) is 0 Å². The van der Waals surface area contributed by atoms with Crippen LogP contribution >= 0.6 is 0 Å². The van der Waals surface area contributed by atoms with Gasteiger partial charge in [-0.15, -0.1) is 0 Å². The lowest BCUT2D eigenvalue weighted by Crippen LogP contribution is -2.17. The highest BCUT2D eigenvalue weighted by atomic mass is 16.5. The normalized spacial score (nSPS) is 11.0. The summed E-state index contributed by atoms with van der Waals surface area (Å²) >= 11 is 0. The predicted octanol–water partition coefficient (Wildman–Crippen LogP) is 5.42. The van der Waals surface area contributed by atoms with Crippen LogP contribution in [-0.4, -0.2) is 40.9 Å².